The number of hydrogen-bond donors (Lipinski definition) is 5. The third kappa shape index (κ3) is 5.56. The smallest absolute Gasteiger partial charge is 0.319 e. The van der Waals surface area contributed by atoms with Gasteiger partial charge >= 0.3 is 6.03 Å². The molecule has 2 amide bonds. The van der Waals surface area contributed by atoms with Crippen LogP contribution >= 0.6 is 0 Å². The first-order valence-corrected chi connectivity index (χ1v) is 9.41. The lowest BCUT2D eigenvalue weighted by atomic mass is 10.1. The molecule has 3 rings (SSSR count). The Morgan fingerprint density at radius 2 is 1.97 bits per heavy atom. The first-order valence-electron chi connectivity index (χ1n) is 9.41. The fourth-order valence-electron chi connectivity index (χ4n) is 2.83. The molecule has 1 atom stereocenters. The summed E-state index contributed by atoms with van der Waals surface area (Å²) >= 11 is 0. The molecule has 9 heteroatoms. The Labute approximate surface area is 172 Å². The van der Waals surface area contributed by atoms with Crippen molar-refractivity contribution < 1.29 is 24.1 Å². The second kappa shape index (κ2) is 10.4. The first kappa shape index (κ1) is 21.3. The molecule has 0 radical (unpaired) electrons. The average Bonchev–Trinajstić information content (AvgIpc) is 3.29. The summed E-state index contributed by atoms with van der Waals surface area (Å²) in [7, 11) is 0. The van der Waals surface area contributed by atoms with E-state index in [1.54, 1.807) is 24.5 Å². The molecule has 158 valence electrons. The Bertz CT molecular complexity index is 948. The molecule has 8 nitrogen and oxygen atoms in total. The van der Waals surface area contributed by atoms with Gasteiger partial charge < -0.3 is 25.6 Å². The molecule has 0 bridgehead atoms. The quantitative estimate of drug-likeness (QED) is 0.345. The van der Waals surface area contributed by atoms with Gasteiger partial charge in [0.1, 0.15) is 11.6 Å². The van der Waals surface area contributed by atoms with Gasteiger partial charge in [-0.15, -0.1) is 0 Å². The second-order valence-corrected chi connectivity index (χ2v) is 6.51. The number of nitrogens with one attached hydrogen (secondary N) is 3. The highest BCUT2D eigenvalue weighted by Gasteiger charge is 2.16. The van der Waals surface area contributed by atoms with Gasteiger partial charge in [-0.05, 0) is 35.4 Å². The molecule has 0 saturated carbocycles. The van der Waals surface area contributed by atoms with E-state index in [4.69, 9.17) is 9.84 Å². The van der Waals surface area contributed by atoms with Crippen molar-refractivity contribution in [2.75, 3.05) is 25.1 Å². The number of ether oxygens (including phenoxy) is 1. The van der Waals surface area contributed by atoms with Gasteiger partial charge in [0, 0.05) is 24.8 Å². The Morgan fingerprint density at radius 3 is 2.63 bits per heavy atom. The predicted octanol–water partition coefficient (Wildman–Crippen LogP) is 2.83. The Hall–Kier alpha value is -3.43. The molecule has 0 saturated heterocycles. The number of amides is 2. The van der Waals surface area contributed by atoms with Crippen LogP contribution in [0, 0.1) is 5.82 Å². The van der Waals surface area contributed by atoms with Crippen molar-refractivity contribution in [1.82, 2.24) is 15.5 Å². The van der Waals surface area contributed by atoms with Crippen LogP contribution in [0.2, 0.25) is 0 Å². The summed E-state index contributed by atoms with van der Waals surface area (Å²) in [5.41, 5.74) is 2.69. The summed E-state index contributed by atoms with van der Waals surface area (Å²) in [4.78, 5) is 12.5. The number of carbonyl (C=O) groups is 1. The standard InChI is InChI=1S/C21H23FN4O4/c22-17-5-2-14(3-6-17)19(13-28)26-21(29)25-18-7-4-15(16-11-23-24-12-16)10-20(18)30-9-1-8-27/h2-7,10-12,19,27-28H,1,8-9,13H2,(H,23,24)(H2,25,26,29). The van der Waals surface area contributed by atoms with E-state index in [0.29, 0.717) is 23.4 Å². The number of aliphatic hydroxyl groups is 2. The molecule has 3 aromatic rings. The summed E-state index contributed by atoms with van der Waals surface area (Å²) < 4.78 is 18.8. The number of aromatic amines is 1. The summed E-state index contributed by atoms with van der Waals surface area (Å²) in [5.74, 6) is 0.0295. The van der Waals surface area contributed by atoms with Gasteiger partial charge in [-0.1, -0.05) is 18.2 Å². The first-order chi connectivity index (χ1) is 14.6. The zero-order chi connectivity index (χ0) is 21.3. The van der Waals surface area contributed by atoms with Gasteiger partial charge in [0.05, 0.1) is 31.1 Å². The minimum absolute atomic E-state index is 0.0134. The lowest BCUT2D eigenvalue weighted by Crippen LogP contribution is -2.34. The largest absolute Gasteiger partial charge is 0.491 e. The number of urea groups is 1. The van der Waals surface area contributed by atoms with E-state index in [9.17, 15) is 14.3 Å². The topological polar surface area (TPSA) is 120 Å². The maximum absolute atomic E-state index is 13.1. The van der Waals surface area contributed by atoms with Crippen molar-refractivity contribution in [3.63, 3.8) is 0 Å². The molecule has 1 heterocycles. The molecule has 0 spiro atoms. The highest BCUT2D eigenvalue weighted by molar-refractivity contribution is 5.91. The number of rotatable bonds is 9. The van der Waals surface area contributed by atoms with Crippen LogP contribution in [-0.2, 0) is 0 Å². The monoisotopic (exact) mass is 414 g/mol. The van der Waals surface area contributed by atoms with Crippen molar-refractivity contribution in [3.05, 3.63) is 66.2 Å². The fourth-order valence-corrected chi connectivity index (χ4v) is 2.83. The normalized spacial score (nSPS) is 11.7. The SMILES string of the molecule is O=C(Nc1ccc(-c2cn[nH]c2)cc1OCCCO)NC(CO)c1ccc(F)cc1. The lowest BCUT2D eigenvalue weighted by molar-refractivity contribution is 0.224. The maximum atomic E-state index is 13.1. The highest BCUT2D eigenvalue weighted by atomic mass is 19.1. The molecular formula is C21H23FN4O4. The number of nitrogens with zero attached hydrogens (tertiary/aromatic N) is 1. The maximum Gasteiger partial charge on any atom is 0.319 e. The number of aromatic nitrogens is 2. The molecule has 0 fully saturated rings. The fraction of sp³-hybridized carbons (Fsp3) is 0.238. The molecule has 0 aliphatic rings. The predicted molar refractivity (Wildman–Crippen MR) is 110 cm³/mol. The molecule has 30 heavy (non-hydrogen) atoms. The van der Waals surface area contributed by atoms with Crippen LogP contribution in [-0.4, -0.2) is 46.3 Å². The number of H-pyrrole nitrogens is 1. The Morgan fingerprint density at radius 1 is 1.17 bits per heavy atom. The van der Waals surface area contributed by atoms with Crippen LogP contribution in [0.25, 0.3) is 11.1 Å². The van der Waals surface area contributed by atoms with Crippen LogP contribution < -0.4 is 15.4 Å². The Kier molecular flexibility index (Phi) is 7.36. The molecule has 1 aromatic heterocycles. The number of halogens is 1. The molecule has 0 aliphatic heterocycles. The summed E-state index contributed by atoms with van der Waals surface area (Å²) in [6.45, 7) is -0.0880. The number of carbonyl (C=O) groups excluding carboxylic acids is 1. The summed E-state index contributed by atoms with van der Waals surface area (Å²) in [6.07, 6.45) is 3.85. The van der Waals surface area contributed by atoms with Crippen LogP contribution in [0.5, 0.6) is 5.75 Å². The van der Waals surface area contributed by atoms with Crippen molar-refractivity contribution in [3.8, 4) is 16.9 Å². The van der Waals surface area contributed by atoms with Gasteiger partial charge in [-0.3, -0.25) is 5.10 Å². The van der Waals surface area contributed by atoms with Crippen LogP contribution in [0.4, 0.5) is 14.9 Å². The van der Waals surface area contributed by atoms with E-state index in [1.807, 2.05) is 6.07 Å². The number of hydrogen-bond acceptors (Lipinski definition) is 5. The van der Waals surface area contributed by atoms with Gasteiger partial charge in [0.25, 0.3) is 0 Å². The van der Waals surface area contributed by atoms with E-state index in [1.165, 1.54) is 24.3 Å². The van der Waals surface area contributed by atoms with Crippen LogP contribution in [0.1, 0.15) is 18.0 Å². The van der Waals surface area contributed by atoms with E-state index < -0.39 is 17.9 Å². The second-order valence-electron chi connectivity index (χ2n) is 6.51. The van der Waals surface area contributed by atoms with Crippen LogP contribution in [0.3, 0.4) is 0 Å². The van der Waals surface area contributed by atoms with Gasteiger partial charge in [0.15, 0.2) is 0 Å². The summed E-state index contributed by atoms with van der Waals surface area (Å²) in [5, 5.41) is 30.6. The van der Waals surface area contributed by atoms with Crippen molar-refractivity contribution in [2.45, 2.75) is 12.5 Å². The third-order valence-electron chi connectivity index (χ3n) is 4.38. The summed E-state index contributed by atoms with van der Waals surface area (Å²) in [6, 6.07) is 9.54. The van der Waals surface area contributed by atoms with E-state index in [2.05, 4.69) is 20.8 Å². The van der Waals surface area contributed by atoms with Crippen LogP contribution in [0.15, 0.2) is 54.9 Å². The number of benzene rings is 2. The van der Waals surface area contributed by atoms with Gasteiger partial charge in [-0.2, -0.15) is 5.10 Å². The zero-order valence-electron chi connectivity index (χ0n) is 16.1. The average molecular weight is 414 g/mol. The third-order valence-corrected chi connectivity index (χ3v) is 4.38. The van der Waals surface area contributed by atoms with E-state index in [-0.39, 0.29) is 19.8 Å². The zero-order valence-corrected chi connectivity index (χ0v) is 16.1. The van der Waals surface area contributed by atoms with Crippen molar-refractivity contribution in [1.29, 1.82) is 0 Å². The number of anilines is 1. The molecule has 0 aliphatic carbocycles. The minimum atomic E-state index is -0.699. The van der Waals surface area contributed by atoms with Gasteiger partial charge in [0.2, 0.25) is 0 Å². The number of aliphatic hydroxyl groups excluding tert-OH is 2. The molecular weight excluding hydrogens is 391 g/mol. The molecule has 5 N–H and O–H groups in total. The van der Waals surface area contributed by atoms with Crippen molar-refractivity contribution in [2.24, 2.45) is 0 Å². The van der Waals surface area contributed by atoms with E-state index in [0.717, 1.165) is 11.1 Å². The lowest BCUT2D eigenvalue weighted by Gasteiger charge is -2.19. The minimum Gasteiger partial charge on any atom is -0.491 e. The molecule has 1 unspecified atom stereocenters. The Balaban J connectivity index is 1.74. The molecule has 2 aromatic carbocycles. The van der Waals surface area contributed by atoms with E-state index >= 15 is 0 Å². The highest BCUT2D eigenvalue weighted by Crippen LogP contribution is 2.31. The van der Waals surface area contributed by atoms with Crippen molar-refractivity contribution >= 4 is 11.7 Å². The van der Waals surface area contributed by atoms with Gasteiger partial charge in [-0.25, -0.2) is 9.18 Å².